The number of rotatable bonds is 6. The molecule has 0 aliphatic rings. The average Bonchev–Trinajstić information content (AvgIpc) is 3.25. The Morgan fingerprint density at radius 2 is 2.12 bits per heavy atom. The van der Waals surface area contributed by atoms with Crippen molar-refractivity contribution in [2.75, 3.05) is 13.6 Å². The van der Waals surface area contributed by atoms with E-state index in [2.05, 4.69) is 64.0 Å². The molecule has 0 saturated heterocycles. The van der Waals surface area contributed by atoms with E-state index >= 15 is 0 Å². The third kappa shape index (κ3) is 4.21. The van der Waals surface area contributed by atoms with Crippen LogP contribution in [0.3, 0.4) is 0 Å². The van der Waals surface area contributed by atoms with E-state index < -0.39 is 0 Å². The fourth-order valence-electron chi connectivity index (χ4n) is 2.73. The van der Waals surface area contributed by atoms with Crippen LogP contribution < -0.4 is 10.6 Å². The quantitative estimate of drug-likeness (QED) is 0.476. The summed E-state index contributed by atoms with van der Waals surface area (Å²) in [5, 5.41) is 11.9. The molecule has 0 aliphatic carbocycles. The zero-order valence-corrected chi connectivity index (χ0v) is 15.0. The van der Waals surface area contributed by atoms with Gasteiger partial charge in [0.1, 0.15) is 0 Å². The maximum absolute atomic E-state index is 5.33. The third-order valence-electron chi connectivity index (χ3n) is 4.18. The largest absolute Gasteiger partial charge is 0.361 e. The number of hydrogen-bond donors (Lipinski definition) is 3. The van der Waals surface area contributed by atoms with Gasteiger partial charge in [-0.1, -0.05) is 37.2 Å². The van der Waals surface area contributed by atoms with Crippen LogP contribution in [0.15, 0.2) is 46.0 Å². The predicted molar refractivity (Wildman–Crippen MR) is 101 cm³/mol. The normalized spacial score (nSPS) is 12.1. The van der Waals surface area contributed by atoms with Crippen molar-refractivity contribution in [2.45, 2.75) is 32.7 Å². The van der Waals surface area contributed by atoms with Crippen LogP contribution in [0.1, 0.15) is 36.8 Å². The molecule has 2 aromatic heterocycles. The van der Waals surface area contributed by atoms with Crippen LogP contribution in [0.25, 0.3) is 10.9 Å². The summed E-state index contributed by atoms with van der Waals surface area (Å²) in [5.74, 6) is 1.93. The van der Waals surface area contributed by atoms with Gasteiger partial charge in [-0.25, -0.2) is 0 Å². The van der Waals surface area contributed by atoms with Gasteiger partial charge in [0.2, 0.25) is 0 Å². The summed E-state index contributed by atoms with van der Waals surface area (Å²) >= 11 is 0. The molecule has 1 aromatic carbocycles. The Hall–Kier alpha value is -2.76. The molecule has 0 unspecified atom stereocenters. The highest BCUT2D eigenvalue weighted by Crippen LogP contribution is 2.17. The second-order valence-electron chi connectivity index (χ2n) is 6.33. The van der Waals surface area contributed by atoms with Crippen LogP contribution in [0.5, 0.6) is 0 Å². The molecular weight excluding hydrogens is 314 g/mol. The number of fused-ring (bicyclic) bond motifs is 1. The molecule has 0 amide bonds. The van der Waals surface area contributed by atoms with Crippen molar-refractivity contribution in [3.8, 4) is 0 Å². The molecule has 0 fully saturated rings. The number of para-hydroxylation sites is 1. The standard InChI is InChI=1S/C19H25N5O/c1-13(2)18-10-15(25-24-18)12-23-19(20-3)21-9-8-14-11-22-17-7-5-4-6-16(14)17/h4-7,10-11,13,22H,8-9,12H2,1-3H3,(H2,20,21,23). The number of aliphatic imine (C=N–C) groups is 1. The van der Waals surface area contributed by atoms with Gasteiger partial charge in [-0.15, -0.1) is 0 Å². The highest BCUT2D eigenvalue weighted by atomic mass is 16.5. The lowest BCUT2D eigenvalue weighted by Crippen LogP contribution is -2.37. The molecule has 6 heteroatoms. The van der Waals surface area contributed by atoms with Crippen LogP contribution >= 0.6 is 0 Å². The Balaban J connectivity index is 1.49. The molecule has 2 heterocycles. The monoisotopic (exact) mass is 339 g/mol. The number of aromatic nitrogens is 2. The van der Waals surface area contributed by atoms with E-state index in [9.17, 15) is 0 Å². The Labute approximate surface area is 147 Å². The van der Waals surface area contributed by atoms with Crippen molar-refractivity contribution < 1.29 is 4.52 Å². The number of hydrogen-bond acceptors (Lipinski definition) is 3. The van der Waals surface area contributed by atoms with E-state index in [0.717, 1.165) is 30.4 Å². The van der Waals surface area contributed by atoms with Crippen LogP contribution in [0.2, 0.25) is 0 Å². The summed E-state index contributed by atoms with van der Waals surface area (Å²) in [6.45, 7) is 5.56. The van der Waals surface area contributed by atoms with E-state index in [-0.39, 0.29) is 0 Å². The second-order valence-corrected chi connectivity index (χ2v) is 6.33. The first kappa shape index (κ1) is 17.1. The lowest BCUT2D eigenvalue weighted by Gasteiger charge is -2.10. The molecule has 0 radical (unpaired) electrons. The average molecular weight is 339 g/mol. The van der Waals surface area contributed by atoms with Crippen LogP contribution in [0.4, 0.5) is 0 Å². The molecule has 25 heavy (non-hydrogen) atoms. The van der Waals surface area contributed by atoms with Gasteiger partial charge in [0.15, 0.2) is 11.7 Å². The number of nitrogens with one attached hydrogen (secondary N) is 3. The summed E-state index contributed by atoms with van der Waals surface area (Å²) in [7, 11) is 1.76. The van der Waals surface area contributed by atoms with Crippen molar-refractivity contribution in [1.29, 1.82) is 0 Å². The second kappa shape index (κ2) is 7.88. The Morgan fingerprint density at radius 3 is 2.88 bits per heavy atom. The van der Waals surface area contributed by atoms with Crippen molar-refractivity contribution >= 4 is 16.9 Å². The molecule has 0 bridgehead atoms. The molecule has 3 aromatic rings. The van der Waals surface area contributed by atoms with Gasteiger partial charge in [0.25, 0.3) is 0 Å². The number of guanidine groups is 1. The van der Waals surface area contributed by atoms with Crippen molar-refractivity contribution in [2.24, 2.45) is 4.99 Å². The number of benzene rings is 1. The molecule has 6 nitrogen and oxygen atoms in total. The first-order valence-electron chi connectivity index (χ1n) is 8.62. The molecule has 132 valence electrons. The SMILES string of the molecule is CN=C(NCCc1c[nH]c2ccccc12)NCc1cc(C(C)C)no1. The predicted octanol–water partition coefficient (Wildman–Crippen LogP) is 3.19. The number of H-pyrrole nitrogens is 1. The highest BCUT2D eigenvalue weighted by molar-refractivity contribution is 5.83. The summed E-state index contributed by atoms with van der Waals surface area (Å²) < 4.78 is 5.33. The minimum atomic E-state index is 0.367. The summed E-state index contributed by atoms with van der Waals surface area (Å²) in [5.41, 5.74) is 3.45. The van der Waals surface area contributed by atoms with Crippen molar-refractivity contribution in [1.82, 2.24) is 20.8 Å². The maximum Gasteiger partial charge on any atom is 0.191 e. The highest BCUT2D eigenvalue weighted by Gasteiger charge is 2.08. The van der Waals surface area contributed by atoms with Crippen molar-refractivity contribution in [3.05, 3.63) is 53.5 Å². The van der Waals surface area contributed by atoms with Crippen LogP contribution in [-0.4, -0.2) is 29.7 Å². The number of aromatic amines is 1. The lowest BCUT2D eigenvalue weighted by atomic mass is 10.1. The fraction of sp³-hybridized carbons (Fsp3) is 0.368. The Bertz CT molecular complexity index is 846. The van der Waals surface area contributed by atoms with E-state index in [1.807, 2.05) is 12.1 Å². The fourth-order valence-corrected chi connectivity index (χ4v) is 2.73. The maximum atomic E-state index is 5.33. The zero-order valence-electron chi connectivity index (χ0n) is 15.0. The van der Waals surface area contributed by atoms with Gasteiger partial charge in [-0.05, 0) is 24.0 Å². The molecule has 3 rings (SSSR count). The third-order valence-corrected chi connectivity index (χ3v) is 4.18. The number of nitrogens with zero attached hydrogens (tertiary/aromatic N) is 2. The minimum Gasteiger partial charge on any atom is -0.361 e. The van der Waals surface area contributed by atoms with Crippen LogP contribution in [0, 0.1) is 0 Å². The van der Waals surface area contributed by atoms with E-state index in [4.69, 9.17) is 4.52 Å². The summed E-state index contributed by atoms with van der Waals surface area (Å²) in [6.07, 6.45) is 3.00. The van der Waals surface area contributed by atoms with Gasteiger partial charge < -0.3 is 20.1 Å². The van der Waals surface area contributed by atoms with Gasteiger partial charge in [-0.2, -0.15) is 0 Å². The Morgan fingerprint density at radius 1 is 1.28 bits per heavy atom. The Kier molecular flexibility index (Phi) is 5.38. The van der Waals surface area contributed by atoms with E-state index in [0.29, 0.717) is 12.5 Å². The topological polar surface area (TPSA) is 78.2 Å². The smallest absolute Gasteiger partial charge is 0.191 e. The summed E-state index contributed by atoms with van der Waals surface area (Å²) in [4.78, 5) is 7.56. The van der Waals surface area contributed by atoms with Crippen LogP contribution in [-0.2, 0) is 13.0 Å². The molecule has 0 aliphatic heterocycles. The molecular formula is C19H25N5O. The molecule has 0 spiro atoms. The zero-order chi connectivity index (χ0) is 17.6. The first-order chi connectivity index (χ1) is 12.2. The van der Waals surface area contributed by atoms with Gasteiger partial charge in [0, 0.05) is 36.8 Å². The molecule has 0 atom stereocenters. The summed E-state index contributed by atoms with van der Waals surface area (Å²) in [6, 6.07) is 10.3. The first-order valence-corrected chi connectivity index (χ1v) is 8.62. The molecule has 0 saturated carbocycles. The minimum absolute atomic E-state index is 0.367. The lowest BCUT2D eigenvalue weighted by molar-refractivity contribution is 0.372. The van der Waals surface area contributed by atoms with Gasteiger partial charge in [-0.3, -0.25) is 4.99 Å². The molecule has 3 N–H and O–H groups in total. The van der Waals surface area contributed by atoms with Crippen molar-refractivity contribution in [3.63, 3.8) is 0 Å². The van der Waals surface area contributed by atoms with Gasteiger partial charge in [0.05, 0.1) is 12.2 Å². The van der Waals surface area contributed by atoms with E-state index in [1.54, 1.807) is 7.05 Å². The van der Waals surface area contributed by atoms with Gasteiger partial charge >= 0.3 is 0 Å². The van der Waals surface area contributed by atoms with E-state index in [1.165, 1.54) is 16.5 Å².